The van der Waals surface area contributed by atoms with Gasteiger partial charge in [0, 0.05) is 7.11 Å². The predicted molar refractivity (Wildman–Crippen MR) is 87.9 cm³/mol. The van der Waals surface area contributed by atoms with Gasteiger partial charge in [-0.25, -0.2) is 0 Å². The second-order valence-electron chi connectivity index (χ2n) is 5.98. The number of carbonyl (C=O) groups is 4. The van der Waals surface area contributed by atoms with Gasteiger partial charge in [0.15, 0.2) is 0 Å². The van der Waals surface area contributed by atoms with E-state index in [0.29, 0.717) is 19.6 Å². The average molecular weight is 360 g/mol. The van der Waals surface area contributed by atoms with Gasteiger partial charge < -0.3 is 18.9 Å². The molecular formula is C17H28O8. The fourth-order valence-electron chi connectivity index (χ4n) is 1.84. The van der Waals surface area contributed by atoms with Crippen molar-refractivity contribution in [1.82, 2.24) is 0 Å². The van der Waals surface area contributed by atoms with Gasteiger partial charge in [-0.2, -0.15) is 0 Å². The monoisotopic (exact) mass is 360 g/mol. The van der Waals surface area contributed by atoms with Crippen molar-refractivity contribution in [3.63, 3.8) is 0 Å². The molecule has 0 aromatic carbocycles. The second-order valence-corrected chi connectivity index (χ2v) is 5.98. The lowest BCUT2D eigenvalue weighted by Gasteiger charge is -2.31. The summed E-state index contributed by atoms with van der Waals surface area (Å²) in [5.41, 5.74) is -0.757. The van der Waals surface area contributed by atoms with Crippen molar-refractivity contribution in [3.05, 3.63) is 0 Å². The van der Waals surface area contributed by atoms with Gasteiger partial charge in [0.2, 0.25) is 0 Å². The maximum Gasteiger partial charge on any atom is 0.313 e. The molecule has 0 saturated carbocycles. The molecule has 0 fully saturated rings. The SMILES string of the molecule is CCC(COCCOC)(COC(=O)CC(C)=O)COC(=O)CC(C)=O. The van der Waals surface area contributed by atoms with E-state index in [1.807, 2.05) is 6.92 Å². The van der Waals surface area contributed by atoms with Crippen LogP contribution < -0.4 is 0 Å². The maximum absolute atomic E-state index is 11.6. The fourth-order valence-corrected chi connectivity index (χ4v) is 1.84. The van der Waals surface area contributed by atoms with Gasteiger partial charge in [0.1, 0.15) is 37.6 Å². The Labute approximate surface area is 148 Å². The number of hydrogen-bond donors (Lipinski definition) is 0. The Hall–Kier alpha value is -1.80. The van der Waals surface area contributed by atoms with E-state index in [1.165, 1.54) is 13.8 Å². The number of esters is 2. The van der Waals surface area contributed by atoms with E-state index in [4.69, 9.17) is 18.9 Å². The van der Waals surface area contributed by atoms with Gasteiger partial charge in [0.25, 0.3) is 0 Å². The van der Waals surface area contributed by atoms with Crippen molar-refractivity contribution < 1.29 is 38.1 Å². The molecular weight excluding hydrogens is 332 g/mol. The minimum absolute atomic E-state index is 0.0596. The molecule has 0 heterocycles. The van der Waals surface area contributed by atoms with E-state index >= 15 is 0 Å². The molecule has 8 heteroatoms. The van der Waals surface area contributed by atoms with Crippen molar-refractivity contribution >= 4 is 23.5 Å². The zero-order chi connectivity index (χ0) is 19.3. The van der Waals surface area contributed by atoms with Crippen molar-refractivity contribution in [2.45, 2.75) is 40.0 Å². The highest BCUT2D eigenvalue weighted by atomic mass is 16.6. The largest absolute Gasteiger partial charge is 0.465 e. The van der Waals surface area contributed by atoms with E-state index in [-0.39, 0.29) is 44.2 Å². The van der Waals surface area contributed by atoms with Crippen molar-refractivity contribution in [3.8, 4) is 0 Å². The minimum atomic E-state index is -0.757. The van der Waals surface area contributed by atoms with E-state index in [9.17, 15) is 19.2 Å². The zero-order valence-corrected chi connectivity index (χ0v) is 15.4. The number of Topliss-reactive ketones (excluding diaryl/α,β-unsaturated/α-hetero) is 2. The van der Waals surface area contributed by atoms with Crippen LogP contribution in [-0.2, 0) is 38.1 Å². The van der Waals surface area contributed by atoms with Crippen LogP contribution >= 0.6 is 0 Å². The molecule has 0 spiro atoms. The van der Waals surface area contributed by atoms with Crippen LogP contribution in [0.2, 0.25) is 0 Å². The summed E-state index contributed by atoms with van der Waals surface area (Å²) < 4.78 is 20.7. The summed E-state index contributed by atoms with van der Waals surface area (Å²) in [6.45, 7) is 5.23. The van der Waals surface area contributed by atoms with Gasteiger partial charge >= 0.3 is 11.9 Å². The maximum atomic E-state index is 11.6. The number of ether oxygens (including phenoxy) is 4. The molecule has 0 bridgehead atoms. The smallest absolute Gasteiger partial charge is 0.313 e. The van der Waals surface area contributed by atoms with Gasteiger partial charge in [-0.1, -0.05) is 6.92 Å². The molecule has 0 aromatic rings. The highest BCUT2D eigenvalue weighted by Gasteiger charge is 2.33. The summed E-state index contributed by atoms with van der Waals surface area (Å²) >= 11 is 0. The molecule has 0 N–H and O–H groups in total. The fraction of sp³-hybridized carbons (Fsp3) is 0.765. The summed E-state index contributed by atoms with van der Waals surface area (Å²) in [5, 5.41) is 0. The molecule has 0 unspecified atom stereocenters. The molecule has 0 radical (unpaired) electrons. The second kappa shape index (κ2) is 12.5. The van der Waals surface area contributed by atoms with Gasteiger partial charge in [-0.15, -0.1) is 0 Å². The first kappa shape index (κ1) is 23.2. The van der Waals surface area contributed by atoms with Gasteiger partial charge in [-0.05, 0) is 20.3 Å². The molecule has 0 aliphatic rings. The van der Waals surface area contributed by atoms with Crippen LogP contribution in [0.25, 0.3) is 0 Å². The molecule has 0 rings (SSSR count). The Morgan fingerprint density at radius 2 is 1.28 bits per heavy atom. The number of ketones is 2. The quantitative estimate of drug-likeness (QED) is 0.257. The van der Waals surface area contributed by atoms with Crippen LogP contribution in [-0.4, -0.2) is 63.6 Å². The molecule has 8 nitrogen and oxygen atoms in total. The van der Waals surface area contributed by atoms with E-state index in [0.717, 1.165) is 0 Å². The molecule has 0 aliphatic carbocycles. The lowest BCUT2D eigenvalue weighted by molar-refractivity contribution is -0.158. The Morgan fingerprint density at radius 3 is 1.64 bits per heavy atom. The van der Waals surface area contributed by atoms with Crippen LogP contribution in [0.5, 0.6) is 0 Å². The minimum Gasteiger partial charge on any atom is -0.465 e. The Balaban J connectivity index is 4.79. The Morgan fingerprint density at radius 1 is 0.800 bits per heavy atom. The average Bonchev–Trinajstić information content (AvgIpc) is 2.52. The molecule has 144 valence electrons. The normalized spacial score (nSPS) is 11.0. The lowest BCUT2D eigenvalue weighted by atomic mass is 9.88. The third-order valence-corrected chi connectivity index (χ3v) is 3.46. The highest BCUT2D eigenvalue weighted by molar-refractivity contribution is 5.94. The van der Waals surface area contributed by atoms with Crippen LogP contribution in [0.3, 0.4) is 0 Å². The first-order valence-corrected chi connectivity index (χ1v) is 8.11. The molecule has 0 aliphatic heterocycles. The third kappa shape index (κ3) is 11.4. The van der Waals surface area contributed by atoms with Gasteiger partial charge in [-0.3, -0.25) is 19.2 Å². The summed E-state index contributed by atoms with van der Waals surface area (Å²) in [6.07, 6.45) is -0.121. The van der Waals surface area contributed by atoms with Crippen LogP contribution in [0.4, 0.5) is 0 Å². The summed E-state index contributed by atoms with van der Waals surface area (Å²) in [7, 11) is 1.55. The summed E-state index contributed by atoms with van der Waals surface area (Å²) in [6, 6.07) is 0. The zero-order valence-electron chi connectivity index (χ0n) is 15.4. The Kier molecular flexibility index (Phi) is 11.6. The van der Waals surface area contributed by atoms with Crippen molar-refractivity contribution in [2.75, 3.05) is 40.1 Å². The molecule has 0 amide bonds. The van der Waals surface area contributed by atoms with Gasteiger partial charge in [0.05, 0.1) is 25.2 Å². The van der Waals surface area contributed by atoms with Crippen LogP contribution in [0.1, 0.15) is 40.0 Å². The third-order valence-electron chi connectivity index (χ3n) is 3.46. The summed E-state index contributed by atoms with van der Waals surface area (Å²) in [4.78, 5) is 45.2. The number of methoxy groups -OCH3 is 1. The number of rotatable bonds is 14. The molecule has 0 aromatic heterocycles. The van der Waals surface area contributed by atoms with Crippen LogP contribution in [0.15, 0.2) is 0 Å². The van der Waals surface area contributed by atoms with Crippen molar-refractivity contribution in [1.29, 1.82) is 0 Å². The van der Waals surface area contributed by atoms with E-state index < -0.39 is 17.4 Å². The van der Waals surface area contributed by atoms with Crippen molar-refractivity contribution in [2.24, 2.45) is 5.41 Å². The van der Waals surface area contributed by atoms with E-state index in [1.54, 1.807) is 7.11 Å². The lowest BCUT2D eigenvalue weighted by Crippen LogP contribution is -2.39. The van der Waals surface area contributed by atoms with E-state index in [2.05, 4.69) is 0 Å². The highest BCUT2D eigenvalue weighted by Crippen LogP contribution is 2.24. The first-order chi connectivity index (χ1) is 11.7. The molecule has 0 atom stereocenters. The summed E-state index contributed by atoms with van der Waals surface area (Å²) in [5.74, 6) is -1.87. The van der Waals surface area contributed by atoms with Crippen LogP contribution in [0, 0.1) is 5.41 Å². The standard InChI is InChI=1S/C17H28O8/c1-5-17(10-23-7-6-22-4,11-24-15(20)8-13(2)18)12-25-16(21)9-14(3)19/h5-12H2,1-4H3. The topological polar surface area (TPSA) is 105 Å². The predicted octanol–water partition coefficient (Wildman–Crippen LogP) is 1.09. The number of hydrogen-bond acceptors (Lipinski definition) is 8. The Bertz CT molecular complexity index is 426. The molecule has 25 heavy (non-hydrogen) atoms. The first-order valence-electron chi connectivity index (χ1n) is 8.11. The number of carbonyl (C=O) groups excluding carboxylic acids is 4. The molecule has 0 saturated heterocycles.